The number of carbonyl (C=O) groups is 3. The summed E-state index contributed by atoms with van der Waals surface area (Å²) in [6, 6.07) is 5.47. The molecule has 0 aliphatic carbocycles. The zero-order chi connectivity index (χ0) is 21.4. The fourth-order valence-corrected chi connectivity index (χ4v) is 5.46. The first-order valence-corrected chi connectivity index (χ1v) is 11.5. The highest BCUT2D eigenvalue weighted by Gasteiger charge is 2.40. The molecule has 1 aromatic rings. The third-order valence-corrected chi connectivity index (χ3v) is 7.22. The van der Waals surface area contributed by atoms with E-state index < -0.39 is 6.04 Å². The third-order valence-electron chi connectivity index (χ3n) is 7.22. The maximum absolute atomic E-state index is 13.3. The number of amides is 3. The van der Waals surface area contributed by atoms with Crippen LogP contribution in [-0.4, -0.2) is 79.4 Å². The smallest absolute Gasteiger partial charge is 0.257 e. The minimum atomic E-state index is -0.563. The third kappa shape index (κ3) is 4.06. The second-order valence-corrected chi connectivity index (χ2v) is 9.19. The first-order chi connectivity index (χ1) is 15.1. The Morgan fingerprint density at radius 3 is 2.48 bits per heavy atom. The van der Waals surface area contributed by atoms with Crippen LogP contribution in [0, 0.1) is 5.92 Å². The highest BCUT2D eigenvalue weighted by Crippen LogP contribution is 2.34. The first-order valence-electron chi connectivity index (χ1n) is 11.5. The highest BCUT2D eigenvalue weighted by atomic mass is 16.2. The van der Waals surface area contributed by atoms with E-state index in [4.69, 9.17) is 0 Å². The molecule has 31 heavy (non-hydrogen) atoms. The van der Waals surface area contributed by atoms with E-state index in [1.165, 1.54) is 19.4 Å². The van der Waals surface area contributed by atoms with E-state index in [0.717, 1.165) is 62.0 Å². The molecule has 0 aromatic heterocycles. The van der Waals surface area contributed by atoms with Gasteiger partial charge in [-0.05, 0) is 49.9 Å². The lowest BCUT2D eigenvalue weighted by Crippen LogP contribution is -2.52. The summed E-state index contributed by atoms with van der Waals surface area (Å²) >= 11 is 0. The molecule has 4 aliphatic heterocycles. The first kappa shape index (κ1) is 20.5. The maximum atomic E-state index is 13.3. The van der Waals surface area contributed by atoms with Crippen molar-refractivity contribution >= 4 is 23.4 Å². The molecule has 0 radical (unpaired) electrons. The van der Waals surface area contributed by atoms with Crippen LogP contribution in [-0.2, 0) is 16.1 Å². The van der Waals surface area contributed by atoms with E-state index in [9.17, 15) is 14.4 Å². The van der Waals surface area contributed by atoms with Crippen molar-refractivity contribution < 1.29 is 14.4 Å². The van der Waals surface area contributed by atoms with Gasteiger partial charge in [-0.15, -0.1) is 0 Å². The van der Waals surface area contributed by atoms with E-state index in [-0.39, 0.29) is 24.1 Å². The summed E-state index contributed by atoms with van der Waals surface area (Å²) in [5.74, 6) is 0.0913. The Morgan fingerprint density at radius 2 is 1.74 bits per heavy atom. The van der Waals surface area contributed by atoms with Crippen LogP contribution in [0.3, 0.4) is 0 Å². The molecule has 2 N–H and O–H groups in total. The number of hydrogen-bond donors (Lipinski definition) is 2. The Morgan fingerprint density at radius 1 is 0.968 bits per heavy atom. The number of anilines is 1. The number of nitrogens with one attached hydrogen (secondary N) is 2. The van der Waals surface area contributed by atoms with Gasteiger partial charge in [-0.25, -0.2) is 0 Å². The number of piperazine rings is 1. The number of rotatable bonds is 4. The molecule has 3 fully saturated rings. The molecule has 8 heteroatoms. The second kappa shape index (κ2) is 8.59. The largest absolute Gasteiger partial charge is 0.368 e. The summed E-state index contributed by atoms with van der Waals surface area (Å²) in [4.78, 5) is 43.7. The molecular formula is C23H31N5O3. The highest BCUT2D eigenvalue weighted by molar-refractivity contribution is 6.08. The van der Waals surface area contributed by atoms with Crippen molar-refractivity contribution in [3.63, 3.8) is 0 Å². The molecule has 0 bridgehead atoms. The molecule has 8 nitrogen and oxygen atoms in total. The lowest BCUT2D eigenvalue weighted by Gasteiger charge is -2.39. The summed E-state index contributed by atoms with van der Waals surface area (Å²) in [5, 5.41) is 5.81. The molecule has 4 aliphatic rings. The van der Waals surface area contributed by atoms with Gasteiger partial charge in [0.15, 0.2) is 0 Å². The van der Waals surface area contributed by atoms with Gasteiger partial charge in [-0.3, -0.25) is 24.6 Å². The average Bonchev–Trinajstić information content (AvgIpc) is 3.11. The van der Waals surface area contributed by atoms with Crippen LogP contribution >= 0.6 is 0 Å². The van der Waals surface area contributed by atoms with Gasteiger partial charge >= 0.3 is 0 Å². The van der Waals surface area contributed by atoms with Crippen LogP contribution in [0.1, 0.15) is 41.6 Å². The average molecular weight is 426 g/mol. The normalized spacial score (nSPS) is 25.7. The van der Waals surface area contributed by atoms with E-state index in [2.05, 4.69) is 20.4 Å². The molecule has 0 saturated carbocycles. The summed E-state index contributed by atoms with van der Waals surface area (Å²) in [5.41, 5.74) is 2.70. The van der Waals surface area contributed by atoms with E-state index in [0.29, 0.717) is 13.0 Å². The van der Waals surface area contributed by atoms with E-state index in [1.807, 2.05) is 18.2 Å². The number of imide groups is 1. The summed E-state index contributed by atoms with van der Waals surface area (Å²) in [7, 11) is 0. The number of carbonyl (C=O) groups excluding carboxylic acids is 3. The molecule has 1 atom stereocenters. The van der Waals surface area contributed by atoms with Crippen LogP contribution in [0.4, 0.5) is 5.69 Å². The van der Waals surface area contributed by atoms with E-state index in [1.54, 1.807) is 4.90 Å². The fourth-order valence-electron chi connectivity index (χ4n) is 5.46. The Bertz CT molecular complexity index is 874. The van der Waals surface area contributed by atoms with Crippen LogP contribution in [0.2, 0.25) is 0 Å². The molecule has 5 rings (SSSR count). The predicted octanol–water partition coefficient (Wildman–Crippen LogP) is 0.569. The molecule has 1 unspecified atom stereocenters. The van der Waals surface area contributed by atoms with Crippen molar-refractivity contribution in [2.75, 3.05) is 50.7 Å². The van der Waals surface area contributed by atoms with Crippen LogP contribution in [0.15, 0.2) is 18.2 Å². The van der Waals surface area contributed by atoms with Crippen molar-refractivity contribution in [3.05, 3.63) is 29.3 Å². The van der Waals surface area contributed by atoms with Gasteiger partial charge in [0.2, 0.25) is 11.8 Å². The van der Waals surface area contributed by atoms with Crippen molar-refractivity contribution in [3.8, 4) is 0 Å². The Kier molecular flexibility index (Phi) is 5.67. The van der Waals surface area contributed by atoms with Gasteiger partial charge in [0.1, 0.15) is 6.04 Å². The van der Waals surface area contributed by atoms with Gasteiger partial charge in [0, 0.05) is 51.4 Å². The number of benzene rings is 1. The van der Waals surface area contributed by atoms with Crippen molar-refractivity contribution in [2.45, 2.75) is 38.3 Å². The Hall–Kier alpha value is -2.45. The van der Waals surface area contributed by atoms with Gasteiger partial charge in [-0.2, -0.15) is 0 Å². The number of hydrogen-bond acceptors (Lipinski definition) is 6. The quantitative estimate of drug-likeness (QED) is 0.686. The van der Waals surface area contributed by atoms with Crippen LogP contribution in [0.5, 0.6) is 0 Å². The molecule has 166 valence electrons. The van der Waals surface area contributed by atoms with Crippen molar-refractivity contribution in [1.29, 1.82) is 0 Å². The van der Waals surface area contributed by atoms with Gasteiger partial charge in [0.25, 0.3) is 5.91 Å². The minimum absolute atomic E-state index is 0.0859. The predicted molar refractivity (Wildman–Crippen MR) is 117 cm³/mol. The van der Waals surface area contributed by atoms with Gasteiger partial charge < -0.3 is 15.1 Å². The standard InChI is InChI=1S/C23H31N5O3/c29-20-5-4-19(22(30)25-20)28-15-17-2-1-3-18(21(17)23(28)31)27-12-10-26(11-13-27)14-16-6-8-24-9-7-16/h1-3,16,19,24H,4-15H2,(H,25,29,30). The van der Waals surface area contributed by atoms with Crippen LogP contribution < -0.4 is 15.5 Å². The Balaban J connectivity index is 1.26. The maximum Gasteiger partial charge on any atom is 0.257 e. The summed E-state index contributed by atoms with van der Waals surface area (Å²) in [6.07, 6.45) is 3.20. The van der Waals surface area contributed by atoms with Crippen molar-refractivity contribution in [1.82, 2.24) is 20.4 Å². The van der Waals surface area contributed by atoms with Crippen LogP contribution in [0.25, 0.3) is 0 Å². The zero-order valence-corrected chi connectivity index (χ0v) is 17.9. The molecular weight excluding hydrogens is 394 g/mol. The topological polar surface area (TPSA) is 85.0 Å². The summed E-state index contributed by atoms with van der Waals surface area (Å²) < 4.78 is 0. The summed E-state index contributed by atoms with van der Waals surface area (Å²) in [6.45, 7) is 7.71. The van der Waals surface area contributed by atoms with Crippen molar-refractivity contribution in [2.24, 2.45) is 5.92 Å². The molecule has 3 amide bonds. The zero-order valence-electron chi connectivity index (χ0n) is 17.9. The molecule has 4 heterocycles. The van der Waals surface area contributed by atoms with Gasteiger partial charge in [-0.1, -0.05) is 12.1 Å². The number of nitrogens with zero attached hydrogens (tertiary/aromatic N) is 3. The lowest BCUT2D eigenvalue weighted by atomic mass is 9.97. The molecule has 1 aromatic carbocycles. The monoisotopic (exact) mass is 425 g/mol. The van der Waals surface area contributed by atoms with E-state index >= 15 is 0 Å². The second-order valence-electron chi connectivity index (χ2n) is 9.19. The molecule has 0 spiro atoms. The van der Waals surface area contributed by atoms with Gasteiger partial charge in [0.05, 0.1) is 5.56 Å². The SMILES string of the molecule is O=C1CCC(N2Cc3cccc(N4CCN(CC5CCNCC5)CC4)c3C2=O)C(=O)N1. The Labute approximate surface area is 182 Å². The molecule has 3 saturated heterocycles. The number of piperidine rings is 2. The minimum Gasteiger partial charge on any atom is -0.368 e. The number of fused-ring (bicyclic) bond motifs is 1. The lowest BCUT2D eigenvalue weighted by molar-refractivity contribution is -0.136. The fraction of sp³-hybridized carbons (Fsp3) is 0.609.